The molecule has 2 aromatic carbocycles. The summed E-state index contributed by atoms with van der Waals surface area (Å²) in [6, 6.07) is 13.7. The summed E-state index contributed by atoms with van der Waals surface area (Å²) in [6.07, 6.45) is 1.40. The van der Waals surface area contributed by atoms with Gasteiger partial charge in [0.15, 0.2) is 5.82 Å². The average molecular weight is 323 g/mol. The lowest BCUT2D eigenvalue weighted by atomic mass is 10.1. The van der Waals surface area contributed by atoms with Crippen LogP contribution < -0.4 is 17.2 Å². The number of benzene rings is 2. The van der Waals surface area contributed by atoms with Gasteiger partial charge in [0.05, 0.1) is 16.9 Å². The molecule has 0 saturated carbocycles. The Kier molecular flexibility index (Phi) is 3.75. The summed E-state index contributed by atoms with van der Waals surface area (Å²) >= 11 is 0. The zero-order chi connectivity index (χ0) is 17.3. The van der Waals surface area contributed by atoms with E-state index in [9.17, 15) is 10.2 Å². The van der Waals surface area contributed by atoms with Gasteiger partial charge in [-0.2, -0.15) is 5.10 Å². The van der Waals surface area contributed by atoms with Crippen LogP contribution in [0.1, 0.15) is 11.3 Å². The van der Waals surface area contributed by atoms with Crippen molar-refractivity contribution in [2.45, 2.75) is 0 Å². The van der Waals surface area contributed by atoms with Crippen LogP contribution in [0.25, 0.3) is 17.5 Å². The molecule has 0 spiro atoms. The predicted octanol–water partition coefficient (Wildman–Crippen LogP) is 1.90. The van der Waals surface area contributed by atoms with Crippen molar-refractivity contribution in [2.75, 3.05) is 11.5 Å². The van der Waals surface area contributed by atoms with Gasteiger partial charge in [0, 0.05) is 0 Å². The van der Waals surface area contributed by atoms with E-state index in [-0.39, 0.29) is 40.0 Å². The molecule has 0 aliphatic carbocycles. The molecule has 0 radical (unpaired) electrons. The second-order valence-electron chi connectivity index (χ2n) is 5.20. The van der Waals surface area contributed by atoms with Crippen LogP contribution in [-0.2, 0) is 0 Å². The van der Waals surface area contributed by atoms with E-state index >= 15 is 0 Å². The second kappa shape index (κ2) is 5.88. The smallest absolute Gasteiger partial charge is 0.151 e. The van der Waals surface area contributed by atoms with Gasteiger partial charge in [0.25, 0.3) is 0 Å². The topological polar surface area (TPSA) is 136 Å². The third-order valence-electron chi connectivity index (χ3n) is 3.59. The van der Waals surface area contributed by atoms with E-state index in [0.29, 0.717) is 0 Å². The summed E-state index contributed by atoms with van der Waals surface area (Å²) in [5, 5.41) is 24.1. The van der Waals surface area contributed by atoms with E-state index in [4.69, 9.17) is 17.2 Å². The molecule has 0 amide bonds. The highest BCUT2D eigenvalue weighted by Crippen LogP contribution is 2.32. The number of phenols is 2. The summed E-state index contributed by atoms with van der Waals surface area (Å²) in [5.41, 5.74) is 19.7. The molecule has 0 bridgehead atoms. The Labute approximate surface area is 138 Å². The fourth-order valence-electron chi connectivity index (χ4n) is 2.34. The first-order valence-corrected chi connectivity index (χ1v) is 7.17. The van der Waals surface area contributed by atoms with E-state index in [1.807, 2.05) is 30.3 Å². The van der Waals surface area contributed by atoms with Crippen LogP contribution in [0.5, 0.6) is 11.5 Å². The molecule has 1 heterocycles. The SMILES string of the molecule is N/C(=C\c1c(O)cccc1O)c1nn(-c2ccccc2)c(N)c1N. The fourth-order valence-corrected chi connectivity index (χ4v) is 2.34. The van der Waals surface area contributed by atoms with Crippen LogP contribution in [0.4, 0.5) is 11.5 Å². The Morgan fingerprint density at radius 3 is 2.21 bits per heavy atom. The largest absolute Gasteiger partial charge is 0.507 e. The van der Waals surface area contributed by atoms with Crippen LogP contribution >= 0.6 is 0 Å². The summed E-state index contributed by atoms with van der Waals surface area (Å²) in [4.78, 5) is 0. The van der Waals surface area contributed by atoms with Gasteiger partial charge in [0.2, 0.25) is 0 Å². The van der Waals surface area contributed by atoms with Crippen molar-refractivity contribution in [2.24, 2.45) is 5.73 Å². The summed E-state index contributed by atoms with van der Waals surface area (Å²) in [5.74, 6) is 0.0491. The van der Waals surface area contributed by atoms with Crippen molar-refractivity contribution in [3.63, 3.8) is 0 Å². The highest BCUT2D eigenvalue weighted by molar-refractivity contribution is 5.88. The summed E-state index contributed by atoms with van der Waals surface area (Å²) in [6.45, 7) is 0. The van der Waals surface area contributed by atoms with Crippen LogP contribution in [0.15, 0.2) is 48.5 Å². The Morgan fingerprint density at radius 1 is 0.958 bits per heavy atom. The van der Waals surface area contributed by atoms with E-state index in [0.717, 1.165) is 5.69 Å². The first kappa shape index (κ1) is 15.3. The third kappa shape index (κ3) is 2.58. The van der Waals surface area contributed by atoms with Gasteiger partial charge >= 0.3 is 0 Å². The number of nitrogens with zero attached hydrogens (tertiary/aromatic N) is 2. The van der Waals surface area contributed by atoms with Crippen LogP contribution in [0.3, 0.4) is 0 Å². The van der Waals surface area contributed by atoms with Crippen molar-refractivity contribution in [1.82, 2.24) is 9.78 Å². The van der Waals surface area contributed by atoms with Crippen molar-refractivity contribution >= 4 is 23.3 Å². The number of aromatic hydroxyl groups is 2. The van der Waals surface area contributed by atoms with Crippen LogP contribution in [0.2, 0.25) is 0 Å². The van der Waals surface area contributed by atoms with Crippen LogP contribution in [-0.4, -0.2) is 20.0 Å². The number of nitrogen functional groups attached to an aromatic ring is 2. The number of nitrogens with two attached hydrogens (primary N) is 3. The third-order valence-corrected chi connectivity index (χ3v) is 3.59. The lowest BCUT2D eigenvalue weighted by Crippen LogP contribution is -2.02. The molecule has 0 atom stereocenters. The highest BCUT2D eigenvalue weighted by atomic mass is 16.3. The van der Waals surface area contributed by atoms with E-state index in [2.05, 4.69) is 5.10 Å². The molecule has 1 aromatic heterocycles. The predicted molar refractivity (Wildman–Crippen MR) is 94.2 cm³/mol. The molecule has 7 nitrogen and oxygen atoms in total. The minimum absolute atomic E-state index is 0.105. The molecule has 24 heavy (non-hydrogen) atoms. The molecule has 0 saturated heterocycles. The minimum atomic E-state index is -0.105. The standard InChI is InChI=1S/C17H17N5O2/c18-12(9-11-13(23)7-4-8-14(11)24)16-15(19)17(20)22(21-16)10-5-2-1-3-6-10/h1-9,23-24H,18-20H2/b12-9-. The Morgan fingerprint density at radius 2 is 1.58 bits per heavy atom. The molecular formula is C17H17N5O2. The maximum Gasteiger partial charge on any atom is 0.151 e. The second-order valence-corrected chi connectivity index (χ2v) is 5.20. The molecule has 8 N–H and O–H groups in total. The lowest BCUT2D eigenvalue weighted by Gasteiger charge is -2.04. The number of rotatable bonds is 3. The molecule has 3 rings (SSSR count). The average Bonchev–Trinajstić information content (AvgIpc) is 2.88. The minimum Gasteiger partial charge on any atom is -0.507 e. The number of hydrogen-bond acceptors (Lipinski definition) is 6. The quantitative estimate of drug-likeness (QED) is 0.499. The van der Waals surface area contributed by atoms with Gasteiger partial charge in [-0.1, -0.05) is 24.3 Å². The number of anilines is 2. The molecule has 0 unspecified atom stereocenters. The fraction of sp³-hybridized carbons (Fsp3) is 0. The Bertz CT molecular complexity index is 896. The van der Waals surface area contributed by atoms with Gasteiger partial charge in [0.1, 0.15) is 22.9 Å². The van der Waals surface area contributed by atoms with Gasteiger partial charge in [-0.25, -0.2) is 4.68 Å². The lowest BCUT2D eigenvalue weighted by molar-refractivity contribution is 0.448. The van der Waals surface area contributed by atoms with E-state index in [1.54, 1.807) is 0 Å². The van der Waals surface area contributed by atoms with Crippen molar-refractivity contribution in [3.8, 4) is 17.2 Å². The number of para-hydroxylation sites is 1. The molecule has 7 heteroatoms. The molecule has 3 aromatic rings. The molecule has 0 aliphatic rings. The first-order chi connectivity index (χ1) is 11.5. The van der Waals surface area contributed by atoms with Gasteiger partial charge in [-0.15, -0.1) is 0 Å². The maximum absolute atomic E-state index is 9.85. The van der Waals surface area contributed by atoms with Gasteiger partial charge in [-0.3, -0.25) is 0 Å². The van der Waals surface area contributed by atoms with Crippen molar-refractivity contribution < 1.29 is 10.2 Å². The molecule has 0 fully saturated rings. The van der Waals surface area contributed by atoms with Crippen molar-refractivity contribution in [1.29, 1.82) is 0 Å². The summed E-state index contributed by atoms with van der Waals surface area (Å²) in [7, 11) is 0. The molecule has 122 valence electrons. The van der Waals surface area contributed by atoms with E-state index < -0.39 is 0 Å². The number of aromatic nitrogens is 2. The monoisotopic (exact) mass is 323 g/mol. The van der Waals surface area contributed by atoms with Gasteiger partial charge in [-0.05, 0) is 30.3 Å². The summed E-state index contributed by atoms with van der Waals surface area (Å²) < 4.78 is 1.48. The zero-order valence-corrected chi connectivity index (χ0v) is 12.7. The molecule has 0 aliphatic heterocycles. The Balaban J connectivity index is 2.09. The van der Waals surface area contributed by atoms with Crippen molar-refractivity contribution in [3.05, 3.63) is 59.8 Å². The number of phenolic OH excluding ortho intramolecular Hbond substituents is 2. The van der Waals surface area contributed by atoms with E-state index in [1.165, 1.54) is 29.0 Å². The highest BCUT2D eigenvalue weighted by Gasteiger charge is 2.17. The number of hydrogen-bond donors (Lipinski definition) is 5. The zero-order valence-electron chi connectivity index (χ0n) is 12.7. The first-order valence-electron chi connectivity index (χ1n) is 7.17. The maximum atomic E-state index is 9.85. The van der Waals surface area contributed by atoms with Gasteiger partial charge < -0.3 is 27.4 Å². The van der Waals surface area contributed by atoms with Crippen LogP contribution in [0, 0.1) is 0 Å². The molecular weight excluding hydrogens is 306 g/mol. The Hall–Kier alpha value is -3.61. The normalized spacial score (nSPS) is 11.6.